The predicted octanol–water partition coefficient (Wildman–Crippen LogP) is 2.37. The Kier molecular flexibility index (Phi) is 3.87. The fourth-order valence-corrected chi connectivity index (χ4v) is 2.13. The van der Waals surface area contributed by atoms with Crippen LogP contribution in [0.25, 0.3) is 0 Å². The highest BCUT2D eigenvalue weighted by Gasteiger charge is 2.22. The van der Waals surface area contributed by atoms with Crippen molar-refractivity contribution in [1.29, 1.82) is 0 Å². The Hall–Kier alpha value is -1.55. The first kappa shape index (κ1) is 12.9. The van der Waals surface area contributed by atoms with Gasteiger partial charge in [-0.05, 0) is 49.9 Å². The minimum absolute atomic E-state index is 0.0345. The van der Waals surface area contributed by atoms with Crippen molar-refractivity contribution < 1.29 is 14.6 Å². The van der Waals surface area contributed by atoms with E-state index in [1.165, 1.54) is 0 Å². The van der Waals surface area contributed by atoms with Crippen LogP contribution in [0.3, 0.4) is 0 Å². The Morgan fingerprint density at radius 3 is 2.61 bits per heavy atom. The van der Waals surface area contributed by atoms with Crippen molar-refractivity contribution in [1.82, 2.24) is 0 Å². The zero-order valence-electron chi connectivity index (χ0n) is 10.8. The molecule has 1 fully saturated rings. The zero-order chi connectivity index (χ0) is 13.1. The molecule has 1 aliphatic rings. The number of aryl methyl sites for hydroxylation is 2. The van der Waals surface area contributed by atoms with Crippen molar-refractivity contribution in [2.45, 2.75) is 26.7 Å². The van der Waals surface area contributed by atoms with Crippen LogP contribution in [0, 0.1) is 19.8 Å². The summed E-state index contributed by atoms with van der Waals surface area (Å²) in [6.45, 7) is 5.01. The van der Waals surface area contributed by atoms with Crippen LogP contribution in [-0.4, -0.2) is 24.2 Å². The number of ether oxygens (including phenoxy) is 1. The van der Waals surface area contributed by atoms with Gasteiger partial charge in [-0.25, -0.2) is 0 Å². The monoisotopic (exact) mass is 249 g/mol. The first-order valence-corrected chi connectivity index (χ1v) is 6.26. The molecule has 0 radical (unpaired) electrons. The van der Waals surface area contributed by atoms with Gasteiger partial charge in [0.25, 0.3) is 0 Å². The summed E-state index contributed by atoms with van der Waals surface area (Å²) in [5, 5.41) is 12.5. The maximum atomic E-state index is 12.1. The Balaban J connectivity index is 2.08. The van der Waals surface area contributed by atoms with E-state index in [0.717, 1.165) is 29.7 Å². The molecule has 0 aliphatic carbocycles. The maximum Gasteiger partial charge on any atom is 0.227 e. The summed E-state index contributed by atoms with van der Waals surface area (Å²) < 4.78 is 5.25. The summed E-state index contributed by atoms with van der Waals surface area (Å²) in [6, 6.07) is 3.48. The van der Waals surface area contributed by atoms with Gasteiger partial charge in [0.1, 0.15) is 5.75 Å². The lowest BCUT2D eigenvalue weighted by Crippen LogP contribution is -2.28. The maximum absolute atomic E-state index is 12.1. The number of hydrogen-bond donors (Lipinski definition) is 2. The standard InChI is InChI=1S/C14H19NO3/c1-9-8-13(16)10(2)7-12(9)15-14(17)11-3-5-18-6-4-11/h7-8,11,16H,3-6H2,1-2H3,(H,15,17). The summed E-state index contributed by atoms with van der Waals surface area (Å²) in [5.74, 6) is 0.343. The highest BCUT2D eigenvalue weighted by atomic mass is 16.5. The number of anilines is 1. The number of amides is 1. The zero-order valence-corrected chi connectivity index (χ0v) is 10.8. The van der Waals surface area contributed by atoms with E-state index in [0.29, 0.717) is 13.2 Å². The molecule has 0 saturated carbocycles. The van der Waals surface area contributed by atoms with Crippen LogP contribution in [0.15, 0.2) is 12.1 Å². The number of carbonyl (C=O) groups excluding carboxylic acids is 1. The lowest BCUT2D eigenvalue weighted by molar-refractivity contribution is -0.122. The van der Waals surface area contributed by atoms with E-state index in [-0.39, 0.29) is 17.6 Å². The summed E-state index contributed by atoms with van der Waals surface area (Å²) in [7, 11) is 0. The fraction of sp³-hybridized carbons (Fsp3) is 0.500. The SMILES string of the molecule is Cc1cc(NC(=O)C2CCOCC2)c(C)cc1O. The molecule has 18 heavy (non-hydrogen) atoms. The first-order chi connectivity index (χ1) is 8.58. The molecule has 1 heterocycles. The molecule has 0 aromatic heterocycles. The van der Waals surface area contributed by atoms with Crippen molar-refractivity contribution in [3.8, 4) is 5.75 Å². The third-order valence-electron chi connectivity index (χ3n) is 3.39. The van der Waals surface area contributed by atoms with Crippen molar-refractivity contribution in [2.75, 3.05) is 18.5 Å². The van der Waals surface area contributed by atoms with Gasteiger partial charge in [0.05, 0.1) is 0 Å². The van der Waals surface area contributed by atoms with E-state index < -0.39 is 0 Å². The summed E-state index contributed by atoms with van der Waals surface area (Å²) in [4.78, 5) is 12.1. The molecule has 1 aliphatic heterocycles. The normalized spacial score (nSPS) is 16.6. The lowest BCUT2D eigenvalue weighted by atomic mass is 9.99. The number of phenolic OH excluding ortho intramolecular Hbond substituents is 1. The molecule has 4 nitrogen and oxygen atoms in total. The molecule has 2 rings (SSSR count). The Labute approximate surface area is 107 Å². The van der Waals surface area contributed by atoms with Crippen molar-refractivity contribution >= 4 is 11.6 Å². The van der Waals surface area contributed by atoms with Gasteiger partial charge >= 0.3 is 0 Å². The smallest absolute Gasteiger partial charge is 0.227 e. The van der Waals surface area contributed by atoms with Gasteiger partial charge in [0.15, 0.2) is 0 Å². The number of phenols is 1. The fourth-order valence-electron chi connectivity index (χ4n) is 2.13. The third-order valence-corrected chi connectivity index (χ3v) is 3.39. The van der Waals surface area contributed by atoms with E-state index in [2.05, 4.69) is 5.32 Å². The van der Waals surface area contributed by atoms with Gasteiger partial charge in [0, 0.05) is 24.8 Å². The Bertz CT molecular complexity index is 451. The highest BCUT2D eigenvalue weighted by molar-refractivity contribution is 5.93. The van der Waals surface area contributed by atoms with Crippen LogP contribution in [0.2, 0.25) is 0 Å². The minimum Gasteiger partial charge on any atom is -0.508 e. The number of hydrogen-bond acceptors (Lipinski definition) is 3. The van der Waals surface area contributed by atoms with Gasteiger partial charge in [-0.1, -0.05) is 0 Å². The van der Waals surface area contributed by atoms with Crippen molar-refractivity contribution in [3.05, 3.63) is 23.3 Å². The van der Waals surface area contributed by atoms with E-state index in [1.807, 2.05) is 19.9 Å². The third kappa shape index (κ3) is 2.82. The topological polar surface area (TPSA) is 58.6 Å². The van der Waals surface area contributed by atoms with E-state index >= 15 is 0 Å². The lowest BCUT2D eigenvalue weighted by Gasteiger charge is -2.22. The molecule has 0 bridgehead atoms. The summed E-state index contributed by atoms with van der Waals surface area (Å²) in [5.41, 5.74) is 2.42. The Morgan fingerprint density at radius 2 is 1.94 bits per heavy atom. The van der Waals surface area contributed by atoms with Crippen LogP contribution in [-0.2, 0) is 9.53 Å². The van der Waals surface area contributed by atoms with Crippen molar-refractivity contribution in [2.24, 2.45) is 5.92 Å². The number of carbonyl (C=O) groups is 1. The van der Waals surface area contributed by atoms with Crippen molar-refractivity contribution in [3.63, 3.8) is 0 Å². The second-order valence-electron chi connectivity index (χ2n) is 4.83. The van der Waals surface area contributed by atoms with Gasteiger partial charge in [-0.15, -0.1) is 0 Å². The van der Waals surface area contributed by atoms with Crippen LogP contribution < -0.4 is 5.32 Å². The van der Waals surface area contributed by atoms with E-state index in [1.54, 1.807) is 6.07 Å². The molecule has 0 spiro atoms. The average molecular weight is 249 g/mol. The molecular formula is C14H19NO3. The molecule has 4 heteroatoms. The van der Waals surface area contributed by atoms with Gasteiger partial charge in [-0.2, -0.15) is 0 Å². The van der Waals surface area contributed by atoms with Crippen LogP contribution in [0.4, 0.5) is 5.69 Å². The van der Waals surface area contributed by atoms with Gasteiger partial charge < -0.3 is 15.2 Å². The largest absolute Gasteiger partial charge is 0.508 e. The number of aromatic hydroxyl groups is 1. The number of benzene rings is 1. The molecule has 1 aromatic carbocycles. The van der Waals surface area contributed by atoms with E-state index in [4.69, 9.17) is 4.74 Å². The molecule has 0 unspecified atom stereocenters. The molecule has 1 amide bonds. The van der Waals surface area contributed by atoms with E-state index in [9.17, 15) is 9.90 Å². The molecule has 1 aromatic rings. The number of rotatable bonds is 2. The average Bonchev–Trinajstić information content (AvgIpc) is 2.37. The molecule has 2 N–H and O–H groups in total. The van der Waals surface area contributed by atoms with Gasteiger partial charge in [0.2, 0.25) is 5.91 Å². The molecule has 0 atom stereocenters. The predicted molar refractivity (Wildman–Crippen MR) is 69.8 cm³/mol. The second-order valence-corrected chi connectivity index (χ2v) is 4.83. The summed E-state index contributed by atoms with van der Waals surface area (Å²) in [6.07, 6.45) is 1.56. The van der Waals surface area contributed by atoms with Crippen LogP contribution >= 0.6 is 0 Å². The molecule has 1 saturated heterocycles. The number of nitrogens with one attached hydrogen (secondary N) is 1. The minimum atomic E-state index is 0.0345. The Morgan fingerprint density at radius 1 is 1.28 bits per heavy atom. The van der Waals surface area contributed by atoms with Crippen LogP contribution in [0.5, 0.6) is 5.75 Å². The second kappa shape index (κ2) is 5.40. The highest BCUT2D eigenvalue weighted by Crippen LogP contribution is 2.26. The van der Waals surface area contributed by atoms with Gasteiger partial charge in [-0.3, -0.25) is 4.79 Å². The first-order valence-electron chi connectivity index (χ1n) is 6.26. The molecular weight excluding hydrogens is 230 g/mol. The molecule has 98 valence electrons. The van der Waals surface area contributed by atoms with Crippen LogP contribution in [0.1, 0.15) is 24.0 Å². The summed E-state index contributed by atoms with van der Waals surface area (Å²) >= 11 is 0. The quantitative estimate of drug-likeness (QED) is 0.791.